The summed E-state index contributed by atoms with van der Waals surface area (Å²) in [5.74, 6) is 0.765. The molecular weight excluding hydrogens is 210 g/mol. The molecule has 1 atom stereocenters. The van der Waals surface area contributed by atoms with Gasteiger partial charge >= 0.3 is 0 Å². The monoisotopic (exact) mass is 227 g/mol. The zero-order valence-electron chi connectivity index (χ0n) is 9.29. The van der Waals surface area contributed by atoms with E-state index in [2.05, 4.69) is 0 Å². The first-order chi connectivity index (χ1) is 7.09. The minimum atomic E-state index is 0.238. The van der Waals surface area contributed by atoms with E-state index in [1.165, 1.54) is 0 Å². The Balaban J connectivity index is 2.40. The summed E-state index contributed by atoms with van der Waals surface area (Å²) in [7, 11) is 0. The average Bonchev–Trinajstić information content (AvgIpc) is 2.17. The second-order valence-corrected chi connectivity index (χ2v) is 4.31. The van der Waals surface area contributed by atoms with E-state index < -0.39 is 0 Å². The van der Waals surface area contributed by atoms with Gasteiger partial charge in [-0.15, -0.1) is 0 Å². The van der Waals surface area contributed by atoms with E-state index in [0.717, 1.165) is 24.2 Å². The molecule has 0 bridgehead atoms. The smallest absolute Gasteiger partial charge is 0.138 e. The largest absolute Gasteiger partial charge is 0.492 e. The lowest BCUT2D eigenvalue weighted by Crippen LogP contribution is -2.15. The first-order valence-corrected chi connectivity index (χ1v) is 5.62. The molecule has 0 radical (unpaired) electrons. The van der Waals surface area contributed by atoms with Crippen LogP contribution in [0.2, 0.25) is 5.02 Å². The Morgan fingerprint density at radius 3 is 2.87 bits per heavy atom. The molecule has 3 heteroatoms. The Hall–Kier alpha value is -0.730. The van der Waals surface area contributed by atoms with Crippen LogP contribution < -0.4 is 10.5 Å². The topological polar surface area (TPSA) is 35.2 Å². The third kappa shape index (κ3) is 4.54. The van der Waals surface area contributed by atoms with Crippen LogP contribution in [0.4, 0.5) is 0 Å². The standard InChI is InChI=1S/C12H18ClNO/c1-9-5-6-11(13)12(8-9)15-7-3-4-10(2)14/h5-6,8,10H,3-4,7,14H2,1-2H3. The molecule has 84 valence electrons. The summed E-state index contributed by atoms with van der Waals surface area (Å²) in [6, 6.07) is 6.02. The molecule has 0 saturated carbocycles. The summed E-state index contributed by atoms with van der Waals surface area (Å²) >= 11 is 5.99. The van der Waals surface area contributed by atoms with Crippen LogP contribution in [-0.2, 0) is 0 Å². The second-order valence-electron chi connectivity index (χ2n) is 3.90. The molecule has 1 unspecified atom stereocenters. The molecule has 0 aliphatic carbocycles. The molecule has 2 nitrogen and oxygen atoms in total. The number of hydrogen-bond donors (Lipinski definition) is 1. The van der Waals surface area contributed by atoms with Gasteiger partial charge in [-0.05, 0) is 44.4 Å². The van der Waals surface area contributed by atoms with Gasteiger partial charge in [-0.1, -0.05) is 17.7 Å². The maximum absolute atomic E-state index is 5.99. The highest BCUT2D eigenvalue weighted by atomic mass is 35.5. The van der Waals surface area contributed by atoms with Crippen molar-refractivity contribution in [2.75, 3.05) is 6.61 Å². The van der Waals surface area contributed by atoms with Crippen LogP contribution in [0, 0.1) is 6.92 Å². The van der Waals surface area contributed by atoms with Gasteiger partial charge in [0.2, 0.25) is 0 Å². The van der Waals surface area contributed by atoms with E-state index in [0.29, 0.717) is 11.6 Å². The zero-order valence-corrected chi connectivity index (χ0v) is 10.1. The number of ether oxygens (including phenoxy) is 1. The van der Waals surface area contributed by atoms with E-state index in [1.807, 2.05) is 32.0 Å². The number of rotatable bonds is 5. The van der Waals surface area contributed by atoms with Crippen LogP contribution in [0.1, 0.15) is 25.3 Å². The van der Waals surface area contributed by atoms with Gasteiger partial charge in [-0.25, -0.2) is 0 Å². The molecule has 2 N–H and O–H groups in total. The van der Waals surface area contributed by atoms with E-state index in [-0.39, 0.29) is 6.04 Å². The summed E-state index contributed by atoms with van der Waals surface area (Å²) < 4.78 is 5.58. The minimum Gasteiger partial charge on any atom is -0.492 e. The van der Waals surface area contributed by atoms with Crippen molar-refractivity contribution in [2.45, 2.75) is 32.7 Å². The van der Waals surface area contributed by atoms with Gasteiger partial charge in [-0.2, -0.15) is 0 Å². The van der Waals surface area contributed by atoms with Crippen molar-refractivity contribution >= 4 is 11.6 Å². The van der Waals surface area contributed by atoms with Crippen LogP contribution >= 0.6 is 11.6 Å². The van der Waals surface area contributed by atoms with Gasteiger partial charge in [0, 0.05) is 6.04 Å². The Morgan fingerprint density at radius 2 is 2.20 bits per heavy atom. The summed E-state index contributed by atoms with van der Waals surface area (Å²) in [5, 5.41) is 0.668. The fraction of sp³-hybridized carbons (Fsp3) is 0.500. The predicted octanol–water partition coefficient (Wildman–Crippen LogP) is 3.15. The van der Waals surface area contributed by atoms with Gasteiger partial charge in [-0.3, -0.25) is 0 Å². The lowest BCUT2D eigenvalue weighted by molar-refractivity contribution is 0.303. The average molecular weight is 228 g/mol. The molecule has 0 fully saturated rings. The summed E-state index contributed by atoms with van der Waals surface area (Å²) in [6.07, 6.45) is 1.94. The molecule has 1 aromatic carbocycles. The highest BCUT2D eigenvalue weighted by molar-refractivity contribution is 6.32. The Kier molecular flexibility index (Phi) is 4.92. The lowest BCUT2D eigenvalue weighted by Gasteiger charge is -2.09. The van der Waals surface area contributed by atoms with Crippen molar-refractivity contribution in [1.29, 1.82) is 0 Å². The van der Waals surface area contributed by atoms with E-state index in [1.54, 1.807) is 0 Å². The highest BCUT2D eigenvalue weighted by Crippen LogP contribution is 2.25. The molecule has 15 heavy (non-hydrogen) atoms. The summed E-state index contributed by atoms with van der Waals surface area (Å²) in [5.41, 5.74) is 6.80. The molecule has 1 rings (SSSR count). The third-order valence-corrected chi connectivity index (χ3v) is 2.46. The summed E-state index contributed by atoms with van der Waals surface area (Å²) in [4.78, 5) is 0. The molecule has 0 spiro atoms. The maximum Gasteiger partial charge on any atom is 0.138 e. The van der Waals surface area contributed by atoms with Crippen molar-refractivity contribution in [3.63, 3.8) is 0 Å². The van der Waals surface area contributed by atoms with E-state index in [4.69, 9.17) is 22.1 Å². The van der Waals surface area contributed by atoms with Crippen molar-refractivity contribution in [3.05, 3.63) is 28.8 Å². The zero-order chi connectivity index (χ0) is 11.3. The highest BCUT2D eigenvalue weighted by Gasteiger charge is 2.01. The fourth-order valence-electron chi connectivity index (χ4n) is 1.31. The van der Waals surface area contributed by atoms with Gasteiger partial charge in [0.1, 0.15) is 5.75 Å². The Labute approximate surface area is 96.4 Å². The van der Waals surface area contributed by atoms with E-state index in [9.17, 15) is 0 Å². The second kappa shape index (κ2) is 5.99. The number of aryl methyl sites for hydroxylation is 1. The van der Waals surface area contributed by atoms with Crippen LogP contribution in [0.25, 0.3) is 0 Å². The molecule has 0 amide bonds. The number of nitrogens with two attached hydrogens (primary N) is 1. The van der Waals surface area contributed by atoms with Gasteiger partial charge in [0.15, 0.2) is 0 Å². The van der Waals surface area contributed by atoms with Crippen molar-refractivity contribution in [1.82, 2.24) is 0 Å². The number of halogens is 1. The molecule has 0 aliphatic heterocycles. The van der Waals surface area contributed by atoms with Gasteiger partial charge in [0.05, 0.1) is 11.6 Å². The van der Waals surface area contributed by atoms with Crippen molar-refractivity contribution < 1.29 is 4.74 Å². The maximum atomic E-state index is 5.99. The van der Waals surface area contributed by atoms with Gasteiger partial charge < -0.3 is 10.5 Å². The van der Waals surface area contributed by atoms with Crippen molar-refractivity contribution in [2.24, 2.45) is 5.73 Å². The third-order valence-electron chi connectivity index (χ3n) is 2.15. The van der Waals surface area contributed by atoms with E-state index >= 15 is 0 Å². The first kappa shape index (κ1) is 12.3. The van der Waals surface area contributed by atoms with Crippen LogP contribution in [0.5, 0.6) is 5.75 Å². The summed E-state index contributed by atoms with van der Waals surface area (Å²) in [6.45, 7) is 4.69. The number of hydrogen-bond acceptors (Lipinski definition) is 2. The molecular formula is C12H18ClNO. The molecule has 0 heterocycles. The fourth-order valence-corrected chi connectivity index (χ4v) is 1.48. The van der Waals surface area contributed by atoms with Crippen LogP contribution in [0.15, 0.2) is 18.2 Å². The van der Waals surface area contributed by atoms with Crippen LogP contribution in [-0.4, -0.2) is 12.6 Å². The Bertz CT molecular complexity index is 312. The van der Waals surface area contributed by atoms with Crippen LogP contribution in [0.3, 0.4) is 0 Å². The molecule has 1 aromatic rings. The van der Waals surface area contributed by atoms with Crippen molar-refractivity contribution in [3.8, 4) is 5.75 Å². The number of benzene rings is 1. The predicted molar refractivity (Wildman–Crippen MR) is 64.6 cm³/mol. The Morgan fingerprint density at radius 1 is 1.47 bits per heavy atom. The van der Waals surface area contributed by atoms with Gasteiger partial charge in [0.25, 0.3) is 0 Å². The molecule has 0 aromatic heterocycles. The quantitative estimate of drug-likeness (QED) is 0.785. The molecule has 0 aliphatic rings. The SMILES string of the molecule is Cc1ccc(Cl)c(OCCCC(C)N)c1. The molecule has 0 saturated heterocycles. The normalized spacial score (nSPS) is 12.5. The first-order valence-electron chi connectivity index (χ1n) is 5.24. The lowest BCUT2D eigenvalue weighted by atomic mass is 10.2. The minimum absolute atomic E-state index is 0.238.